The van der Waals surface area contributed by atoms with Crippen LogP contribution in [-0.4, -0.2) is 71.4 Å². The molecule has 1 N–H and O–H groups in total. The maximum absolute atomic E-state index is 12.9. The molecule has 2 heterocycles. The number of para-hydroxylation sites is 1. The van der Waals surface area contributed by atoms with Crippen molar-refractivity contribution in [3.8, 4) is 0 Å². The summed E-state index contributed by atoms with van der Waals surface area (Å²) in [4.78, 5) is 15.1. The molecule has 0 saturated carbocycles. The second-order valence-electron chi connectivity index (χ2n) is 8.65. The van der Waals surface area contributed by atoms with Gasteiger partial charge in [-0.05, 0) is 62.3 Å². The van der Waals surface area contributed by atoms with E-state index in [0.29, 0.717) is 5.69 Å². The third kappa shape index (κ3) is 5.23. The van der Waals surface area contributed by atoms with Gasteiger partial charge in [-0.3, -0.25) is 14.0 Å². The molecule has 4 rings (SSSR count). The van der Waals surface area contributed by atoms with Crippen molar-refractivity contribution >= 4 is 31.5 Å². The topological polar surface area (TPSA) is 104 Å². The lowest BCUT2D eigenvalue weighted by molar-refractivity contribution is 0.0900. The molecule has 2 aliphatic rings. The minimum atomic E-state index is -3.78. The maximum atomic E-state index is 12.9. The highest BCUT2D eigenvalue weighted by atomic mass is 32.2. The number of likely N-dealkylation sites (tertiary alicyclic amines) is 1. The third-order valence-corrected chi connectivity index (χ3v) is 9.91. The van der Waals surface area contributed by atoms with Crippen LogP contribution < -0.4 is 9.62 Å². The van der Waals surface area contributed by atoms with Crippen LogP contribution >= 0.6 is 0 Å². The van der Waals surface area contributed by atoms with E-state index in [0.717, 1.165) is 32.4 Å². The van der Waals surface area contributed by atoms with Crippen molar-refractivity contribution in [1.29, 1.82) is 0 Å². The van der Waals surface area contributed by atoms with Gasteiger partial charge in [-0.15, -0.1) is 0 Å². The van der Waals surface area contributed by atoms with Crippen LogP contribution in [-0.2, 0) is 19.9 Å². The van der Waals surface area contributed by atoms with Gasteiger partial charge in [-0.2, -0.15) is 0 Å². The predicted octanol–water partition coefficient (Wildman–Crippen LogP) is 1.89. The highest BCUT2D eigenvalue weighted by molar-refractivity contribution is 7.92. The monoisotopic (exact) mass is 491 g/mol. The second kappa shape index (κ2) is 9.44. The van der Waals surface area contributed by atoms with Crippen molar-refractivity contribution in [1.82, 2.24) is 10.2 Å². The van der Waals surface area contributed by atoms with Crippen molar-refractivity contribution in [2.45, 2.75) is 36.2 Å². The van der Waals surface area contributed by atoms with Crippen LogP contribution in [0.3, 0.4) is 0 Å². The highest BCUT2D eigenvalue weighted by Crippen LogP contribution is 2.24. The van der Waals surface area contributed by atoms with E-state index in [1.807, 2.05) is 6.07 Å². The summed E-state index contributed by atoms with van der Waals surface area (Å²) in [5.41, 5.74) is 0.823. The Morgan fingerprint density at radius 3 is 2.24 bits per heavy atom. The number of piperidine rings is 1. The van der Waals surface area contributed by atoms with E-state index in [-0.39, 0.29) is 28.0 Å². The molecular weight excluding hydrogens is 462 g/mol. The van der Waals surface area contributed by atoms with Crippen molar-refractivity contribution in [2.24, 2.45) is 0 Å². The van der Waals surface area contributed by atoms with E-state index in [2.05, 4.69) is 10.2 Å². The normalized spacial score (nSPS) is 23.2. The Balaban J connectivity index is 1.48. The molecule has 0 aliphatic carbocycles. The number of anilines is 1. The van der Waals surface area contributed by atoms with Gasteiger partial charge < -0.3 is 5.32 Å². The summed E-state index contributed by atoms with van der Waals surface area (Å²) in [5.74, 6) is -0.422. The lowest BCUT2D eigenvalue weighted by Crippen LogP contribution is -2.52. The van der Waals surface area contributed by atoms with Gasteiger partial charge in [0.25, 0.3) is 15.9 Å². The van der Waals surface area contributed by atoms with Crippen molar-refractivity contribution < 1.29 is 21.6 Å². The Kier molecular flexibility index (Phi) is 6.78. The number of nitrogens with zero attached hydrogens (tertiary/aromatic N) is 2. The Morgan fingerprint density at radius 2 is 1.61 bits per heavy atom. The molecule has 2 aromatic carbocycles. The Bertz CT molecular complexity index is 1190. The van der Waals surface area contributed by atoms with Crippen LogP contribution in [0.2, 0.25) is 0 Å². The molecule has 178 valence electrons. The molecule has 2 atom stereocenters. The van der Waals surface area contributed by atoms with Crippen LogP contribution in [0.1, 0.15) is 29.6 Å². The number of carbonyl (C=O) groups is 1. The van der Waals surface area contributed by atoms with Gasteiger partial charge in [0.05, 0.1) is 28.1 Å². The molecular formula is C23H29N3O5S2. The van der Waals surface area contributed by atoms with Gasteiger partial charge in [0.1, 0.15) is 0 Å². The lowest BCUT2D eigenvalue weighted by atomic mass is 10.0. The fourth-order valence-corrected chi connectivity index (χ4v) is 7.69. The van der Waals surface area contributed by atoms with Crippen LogP contribution in [0.25, 0.3) is 0 Å². The Hall–Kier alpha value is -2.43. The summed E-state index contributed by atoms with van der Waals surface area (Å²) in [6, 6.07) is 13.7. The largest absolute Gasteiger partial charge is 0.347 e. The zero-order chi connectivity index (χ0) is 23.6. The van der Waals surface area contributed by atoms with Crippen LogP contribution in [0.5, 0.6) is 0 Å². The van der Waals surface area contributed by atoms with Crippen molar-refractivity contribution in [3.63, 3.8) is 0 Å². The van der Waals surface area contributed by atoms with E-state index in [9.17, 15) is 21.6 Å². The SMILES string of the molecule is CN(c1ccccc1)S(=O)(=O)c1ccc(C(=O)N[C@H]2CS(=O)(=O)C[C@@H]2N2CCCCC2)cc1. The van der Waals surface area contributed by atoms with Gasteiger partial charge in [0, 0.05) is 18.7 Å². The fraction of sp³-hybridized carbons (Fsp3) is 0.435. The minimum Gasteiger partial charge on any atom is -0.347 e. The molecule has 2 fully saturated rings. The smallest absolute Gasteiger partial charge is 0.264 e. The maximum Gasteiger partial charge on any atom is 0.264 e. The molecule has 0 spiro atoms. The number of benzene rings is 2. The molecule has 2 aromatic rings. The number of carbonyl (C=O) groups excluding carboxylic acids is 1. The zero-order valence-corrected chi connectivity index (χ0v) is 20.2. The number of rotatable bonds is 6. The molecule has 2 aliphatic heterocycles. The summed E-state index contributed by atoms with van der Waals surface area (Å²) in [7, 11) is -5.53. The van der Waals surface area contributed by atoms with Gasteiger partial charge in [-0.25, -0.2) is 16.8 Å². The molecule has 0 aromatic heterocycles. The zero-order valence-electron chi connectivity index (χ0n) is 18.6. The summed E-state index contributed by atoms with van der Waals surface area (Å²) < 4.78 is 51.7. The summed E-state index contributed by atoms with van der Waals surface area (Å²) in [6.45, 7) is 1.68. The average molecular weight is 492 g/mol. The first kappa shape index (κ1) is 23.7. The predicted molar refractivity (Wildman–Crippen MR) is 128 cm³/mol. The second-order valence-corrected chi connectivity index (χ2v) is 12.8. The first-order valence-electron chi connectivity index (χ1n) is 11.1. The standard InChI is InChI=1S/C23H29N3O5S2/c1-25(19-8-4-2-5-9-19)33(30,31)20-12-10-18(11-13-20)23(27)24-21-16-32(28,29)17-22(21)26-14-6-3-7-15-26/h2,4-5,8-13,21-22H,3,6-7,14-17H2,1H3,(H,24,27)/t21-,22-/m0/s1. The van der Waals surface area contributed by atoms with Crippen molar-refractivity contribution in [2.75, 3.05) is 35.9 Å². The number of hydrogen-bond acceptors (Lipinski definition) is 6. The molecule has 0 radical (unpaired) electrons. The molecule has 1 amide bonds. The molecule has 33 heavy (non-hydrogen) atoms. The van der Waals surface area contributed by atoms with E-state index in [4.69, 9.17) is 0 Å². The van der Waals surface area contributed by atoms with Crippen LogP contribution in [0, 0.1) is 0 Å². The fourth-order valence-electron chi connectivity index (χ4n) is 4.54. The quantitative estimate of drug-likeness (QED) is 0.662. The minimum absolute atomic E-state index is 0.0565. The molecule has 2 saturated heterocycles. The first-order chi connectivity index (χ1) is 15.7. The van der Waals surface area contributed by atoms with E-state index >= 15 is 0 Å². The third-order valence-electron chi connectivity index (χ3n) is 6.39. The first-order valence-corrected chi connectivity index (χ1v) is 14.3. The number of sulfonamides is 1. The summed E-state index contributed by atoms with van der Waals surface area (Å²) >= 11 is 0. The Labute approximate surface area is 195 Å². The lowest BCUT2D eigenvalue weighted by Gasteiger charge is -2.35. The Morgan fingerprint density at radius 1 is 0.970 bits per heavy atom. The van der Waals surface area contributed by atoms with Gasteiger partial charge in [0.2, 0.25) is 0 Å². The number of sulfone groups is 1. The van der Waals surface area contributed by atoms with Gasteiger partial charge in [0.15, 0.2) is 9.84 Å². The molecule has 10 heteroatoms. The molecule has 0 bridgehead atoms. The summed E-state index contributed by atoms with van der Waals surface area (Å²) in [6.07, 6.45) is 3.21. The molecule has 8 nitrogen and oxygen atoms in total. The van der Waals surface area contributed by atoms with E-state index in [1.165, 1.54) is 35.6 Å². The number of amides is 1. The van der Waals surface area contributed by atoms with E-state index < -0.39 is 31.8 Å². The van der Waals surface area contributed by atoms with Gasteiger partial charge in [-0.1, -0.05) is 24.6 Å². The van der Waals surface area contributed by atoms with Crippen LogP contribution in [0.4, 0.5) is 5.69 Å². The summed E-state index contributed by atoms with van der Waals surface area (Å²) in [5, 5.41) is 2.89. The van der Waals surface area contributed by atoms with E-state index in [1.54, 1.807) is 24.3 Å². The molecule has 0 unspecified atom stereocenters. The average Bonchev–Trinajstić information content (AvgIpc) is 3.13. The van der Waals surface area contributed by atoms with Gasteiger partial charge >= 0.3 is 0 Å². The van der Waals surface area contributed by atoms with Crippen LogP contribution in [0.15, 0.2) is 59.5 Å². The van der Waals surface area contributed by atoms with Crippen molar-refractivity contribution in [3.05, 3.63) is 60.2 Å². The number of hydrogen-bond donors (Lipinski definition) is 1. The number of nitrogens with one attached hydrogen (secondary N) is 1. The highest BCUT2D eigenvalue weighted by Gasteiger charge is 2.42.